The fourth-order valence-electron chi connectivity index (χ4n) is 2.56. The standard InChI is InChI=1S/C23H18N2O4/c26-21(24-18-7-3-1-4-8-18)20(22(27)25-19-9-5-2-6-10-19)15-16-11-13-17(14-12-16)23(28)29/h1-15H,(H,24,26)(H,25,27)(H,28,29)/p-1. The fourth-order valence-corrected chi connectivity index (χ4v) is 2.56. The minimum atomic E-state index is -1.30. The van der Waals surface area contributed by atoms with Crippen molar-refractivity contribution in [2.75, 3.05) is 10.6 Å². The second-order valence-corrected chi connectivity index (χ2v) is 6.11. The molecule has 0 aliphatic heterocycles. The largest absolute Gasteiger partial charge is 0.545 e. The van der Waals surface area contributed by atoms with Gasteiger partial charge in [0.15, 0.2) is 0 Å². The molecule has 0 spiro atoms. The van der Waals surface area contributed by atoms with Crippen molar-refractivity contribution in [3.63, 3.8) is 0 Å². The van der Waals surface area contributed by atoms with E-state index < -0.39 is 17.8 Å². The number of amides is 2. The normalized spacial score (nSPS) is 9.93. The van der Waals surface area contributed by atoms with Crippen LogP contribution in [0.1, 0.15) is 15.9 Å². The van der Waals surface area contributed by atoms with Crippen molar-refractivity contribution in [3.05, 3.63) is 102 Å². The van der Waals surface area contributed by atoms with E-state index >= 15 is 0 Å². The molecule has 144 valence electrons. The summed E-state index contributed by atoms with van der Waals surface area (Å²) in [6, 6.07) is 23.2. The first-order valence-electron chi connectivity index (χ1n) is 8.79. The second kappa shape index (κ2) is 9.14. The van der Waals surface area contributed by atoms with Gasteiger partial charge in [-0.1, -0.05) is 60.7 Å². The lowest BCUT2D eigenvalue weighted by Crippen LogP contribution is -2.25. The molecule has 0 fully saturated rings. The van der Waals surface area contributed by atoms with Crippen molar-refractivity contribution in [3.8, 4) is 0 Å². The Balaban J connectivity index is 1.90. The molecule has 0 aliphatic rings. The van der Waals surface area contributed by atoms with Gasteiger partial charge < -0.3 is 20.5 Å². The van der Waals surface area contributed by atoms with Gasteiger partial charge in [0.05, 0.1) is 5.97 Å². The van der Waals surface area contributed by atoms with E-state index in [1.165, 1.54) is 30.3 Å². The summed E-state index contributed by atoms with van der Waals surface area (Å²) in [6.07, 6.45) is 1.40. The van der Waals surface area contributed by atoms with Crippen molar-refractivity contribution in [2.45, 2.75) is 0 Å². The van der Waals surface area contributed by atoms with Crippen LogP contribution in [0.25, 0.3) is 6.08 Å². The van der Waals surface area contributed by atoms with Gasteiger partial charge in [0, 0.05) is 11.4 Å². The Kier molecular flexibility index (Phi) is 6.17. The Hall–Kier alpha value is -4.19. The Morgan fingerprint density at radius 2 is 1.10 bits per heavy atom. The molecule has 6 heteroatoms. The number of hydrogen-bond acceptors (Lipinski definition) is 4. The molecule has 0 saturated heterocycles. The smallest absolute Gasteiger partial charge is 0.261 e. The van der Waals surface area contributed by atoms with Crippen molar-refractivity contribution in [2.24, 2.45) is 0 Å². The zero-order valence-corrected chi connectivity index (χ0v) is 15.3. The summed E-state index contributed by atoms with van der Waals surface area (Å²) >= 11 is 0. The van der Waals surface area contributed by atoms with Gasteiger partial charge in [0.25, 0.3) is 11.8 Å². The quantitative estimate of drug-likeness (QED) is 0.387. The fraction of sp³-hybridized carbons (Fsp3) is 0. The Labute approximate surface area is 167 Å². The van der Waals surface area contributed by atoms with Crippen LogP contribution in [-0.4, -0.2) is 17.8 Å². The Morgan fingerprint density at radius 1 is 0.655 bits per heavy atom. The van der Waals surface area contributed by atoms with Crippen molar-refractivity contribution in [1.29, 1.82) is 0 Å². The number of carboxylic acid groups (broad SMARTS) is 1. The highest BCUT2D eigenvalue weighted by atomic mass is 16.4. The number of carbonyl (C=O) groups is 3. The van der Waals surface area contributed by atoms with E-state index in [0.29, 0.717) is 16.9 Å². The van der Waals surface area contributed by atoms with Gasteiger partial charge in [-0.15, -0.1) is 0 Å². The van der Waals surface area contributed by atoms with Crippen LogP contribution >= 0.6 is 0 Å². The molecule has 3 aromatic carbocycles. The summed E-state index contributed by atoms with van der Waals surface area (Å²) in [4.78, 5) is 36.5. The van der Waals surface area contributed by atoms with E-state index in [0.717, 1.165) is 0 Å². The summed E-state index contributed by atoms with van der Waals surface area (Å²) in [6.45, 7) is 0. The third-order valence-corrected chi connectivity index (χ3v) is 4.01. The molecular weight excluding hydrogens is 368 g/mol. The number of rotatable bonds is 6. The summed E-state index contributed by atoms with van der Waals surface area (Å²) in [5.41, 5.74) is 1.47. The molecule has 0 saturated carbocycles. The highest BCUT2D eigenvalue weighted by Gasteiger charge is 2.19. The maximum absolute atomic E-state index is 12.8. The zero-order chi connectivity index (χ0) is 20.6. The molecule has 6 nitrogen and oxygen atoms in total. The lowest BCUT2D eigenvalue weighted by molar-refractivity contribution is -0.255. The molecule has 2 amide bonds. The predicted molar refractivity (Wildman–Crippen MR) is 109 cm³/mol. The van der Waals surface area contributed by atoms with Crippen LogP contribution < -0.4 is 15.7 Å². The van der Waals surface area contributed by atoms with Gasteiger partial charge in [-0.05, 0) is 41.5 Å². The minimum absolute atomic E-state index is 0.00572. The molecule has 0 aliphatic carbocycles. The predicted octanol–water partition coefficient (Wildman–Crippen LogP) is 2.71. The number of anilines is 2. The SMILES string of the molecule is O=C(Nc1ccccc1)C(=Cc1ccc(C(=O)[O-])cc1)C(=O)Nc1ccccc1. The van der Waals surface area contributed by atoms with Crippen LogP contribution in [0.4, 0.5) is 11.4 Å². The van der Waals surface area contributed by atoms with Crippen LogP contribution in [0.2, 0.25) is 0 Å². The van der Waals surface area contributed by atoms with E-state index in [-0.39, 0.29) is 11.1 Å². The highest BCUT2D eigenvalue weighted by molar-refractivity contribution is 6.28. The monoisotopic (exact) mass is 385 g/mol. The molecule has 0 heterocycles. The van der Waals surface area contributed by atoms with Crippen LogP contribution in [0.3, 0.4) is 0 Å². The molecule has 2 N–H and O–H groups in total. The molecular formula is C23H17N2O4-. The number of para-hydroxylation sites is 2. The number of carboxylic acids is 1. The van der Waals surface area contributed by atoms with Crippen molar-refractivity contribution in [1.82, 2.24) is 0 Å². The molecule has 0 atom stereocenters. The molecule has 0 aromatic heterocycles. The van der Waals surface area contributed by atoms with Crippen LogP contribution in [-0.2, 0) is 9.59 Å². The summed E-state index contributed by atoms with van der Waals surface area (Å²) in [7, 11) is 0. The topological polar surface area (TPSA) is 98.3 Å². The number of hydrogen-bond donors (Lipinski definition) is 2. The zero-order valence-electron chi connectivity index (χ0n) is 15.3. The minimum Gasteiger partial charge on any atom is -0.545 e. The first-order chi connectivity index (χ1) is 14.0. The number of benzene rings is 3. The first kappa shape index (κ1) is 19.6. The Morgan fingerprint density at radius 3 is 1.52 bits per heavy atom. The summed E-state index contributed by atoms with van der Waals surface area (Å²) in [5.74, 6) is -2.48. The van der Waals surface area contributed by atoms with E-state index in [9.17, 15) is 19.5 Å². The average Bonchev–Trinajstić information content (AvgIpc) is 2.73. The van der Waals surface area contributed by atoms with Gasteiger partial charge >= 0.3 is 0 Å². The maximum Gasteiger partial charge on any atom is 0.261 e. The van der Waals surface area contributed by atoms with Crippen molar-refractivity contribution >= 4 is 35.2 Å². The molecule has 29 heavy (non-hydrogen) atoms. The van der Waals surface area contributed by atoms with E-state index in [2.05, 4.69) is 10.6 Å². The maximum atomic E-state index is 12.8. The Bertz CT molecular complexity index is 988. The lowest BCUT2D eigenvalue weighted by Gasteiger charge is -2.11. The van der Waals surface area contributed by atoms with Gasteiger partial charge in [-0.25, -0.2) is 0 Å². The van der Waals surface area contributed by atoms with E-state index in [4.69, 9.17) is 0 Å². The third-order valence-electron chi connectivity index (χ3n) is 4.01. The van der Waals surface area contributed by atoms with Crippen LogP contribution in [0.15, 0.2) is 90.5 Å². The molecule has 0 bridgehead atoms. The van der Waals surface area contributed by atoms with Crippen molar-refractivity contribution < 1.29 is 19.5 Å². The van der Waals surface area contributed by atoms with Gasteiger partial charge in [-0.2, -0.15) is 0 Å². The molecule has 3 aromatic rings. The third kappa shape index (κ3) is 5.40. The summed E-state index contributed by atoms with van der Waals surface area (Å²) < 4.78 is 0. The highest BCUT2D eigenvalue weighted by Crippen LogP contribution is 2.15. The van der Waals surface area contributed by atoms with Gasteiger partial charge in [0.2, 0.25) is 0 Å². The summed E-state index contributed by atoms with van der Waals surface area (Å²) in [5, 5.41) is 16.3. The number of nitrogens with one attached hydrogen (secondary N) is 2. The number of aromatic carboxylic acids is 1. The molecule has 0 unspecified atom stereocenters. The molecule has 3 rings (SSSR count). The average molecular weight is 385 g/mol. The van der Waals surface area contributed by atoms with Crippen LogP contribution in [0.5, 0.6) is 0 Å². The van der Waals surface area contributed by atoms with Gasteiger partial charge in [0.1, 0.15) is 5.57 Å². The first-order valence-corrected chi connectivity index (χ1v) is 8.79. The number of carbonyl (C=O) groups excluding carboxylic acids is 3. The lowest BCUT2D eigenvalue weighted by atomic mass is 10.1. The van der Waals surface area contributed by atoms with Crippen LogP contribution in [0, 0.1) is 0 Å². The molecule has 0 radical (unpaired) electrons. The van der Waals surface area contributed by atoms with E-state index in [1.54, 1.807) is 48.5 Å². The van der Waals surface area contributed by atoms with Gasteiger partial charge in [-0.3, -0.25) is 9.59 Å². The second-order valence-electron chi connectivity index (χ2n) is 6.11. The van der Waals surface area contributed by atoms with E-state index in [1.807, 2.05) is 12.1 Å².